The lowest BCUT2D eigenvalue weighted by molar-refractivity contribution is -0.0274. The summed E-state index contributed by atoms with van der Waals surface area (Å²) in [7, 11) is 0. The lowest BCUT2D eigenvalue weighted by Crippen LogP contribution is -2.40. The van der Waals surface area contributed by atoms with Crippen molar-refractivity contribution in [1.29, 1.82) is 0 Å². The zero-order chi connectivity index (χ0) is 23.2. The minimum atomic E-state index is -5.34. The summed E-state index contributed by atoms with van der Waals surface area (Å²) >= 11 is -5.34. The minimum Gasteiger partial charge on any atom is -0.244 e. The van der Waals surface area contributed by atoms with Crippen molar-refractivity contribution in [2.24, 2.45) is 17.8 Å². The highest BCUT2D eigenvalue weighted by Gasteiger charge is 2.47. The summed E-state index contributed by atoms with van der Waals surface area (Å²) in [5.41, 5.74) is -2.11. The van der Waals surface area contributed by atoms with Gasteiger partial charge in [0.2, 0.25) is 11.2 Å². The molecule has 1 aromatic rings. The van der Waals surface area contributed by atoms with Gasteiger partial charge in [-0.25, -0.2) is 8.78 Å². The van der Waals surface area contributed by atoms with E-state index in [1.165, 1.54) is 57.8 Å². The van der Waals surface area contributed by atoms with Gasteiger partial charge in [0, 0.05) is 0 Å². The van der Waals surface area contributed by atoms with Crippen LogP contribution in [0.3, 0.4) is 0 Å². The number of hydrogen-bond donors (Lipinski definition) is 0. The molecule has 2 saturated carbocycles. The van der Waals surface area contributed by atoms with Crippen LogP contribution in [0.15, 0.2) is 29.2 Å². The average molecular weight is 479 g/mol. The highest BCUT2D eigenvalue weighted by Crippen LogP contribution is 2.61. The Kier molecular flexibility index (Phi) is 9.34. The first-order chi connectivity index (χ1) is 15.2. The van der Waals surface area contributed by atoms with E-state index < -0.39 is 27.9 Å². The van der Waals surface area contributed by atoms with Gasteiger partial charge in [0.1, 0.15) is 6.17 Å². The molecule has 0 heterocycles. The molecule has 0 spiro atoms. The SMILES string of the molecule is CCCCCCCC[C@H]1CC[C@H](C2CCC(F)(c3ccc(S(F)(F)F)cc3)C(F)C2)CC1. The second kappa shape index (κ2) is 11.6. The first kappa shape index (κ1) is 25.8. The van der Waals surface area contributed by atoms with Gasteiger partial charge in [-0.3, -0.25) is 0 Å². The molecule has 0 nitrogen and oxygen atoms in total. The fourth-order valence-electron chi connectivity index (χ4n) is 5.92. The van der Waals surface area contributed by atoms with Crippen molar-refractivity contribution in [1.82, 2.24) is 0 Å². The zero-order valence-electron chi connectivity index (χ0n) is 19.3. The lowest BCUT2D eigenvalue weighted by Gasteiger charge is -2.42. The molecule has 0 aromatic heterocycles. The highest BCUT2D eigenvalue weighted by molar-refractivity contribution is 8.20. The Morgan fingerprint density at radius 3 is 2.06 bits per heavy atom. The molecule has 0 N–H and O–H groups in total. The average Bonchev–Trinajstić information content (AvgIpc) is 2.78. The summed E-state index contributed by atoms with van der Waals surface area (Å²) in [5.74, 6) is 1.45. The number of benzene rings is 1. The van der Waals surface area contributed by atoms with Gasteiger partial charge in [0.15, 0.2) is 5.67 Å². The van der Waals surface area contributed by atoms with Crippen LogP contribution in [-0.4, -0.2) is 6.17 Å². The van der Waals surface area contributed by atoms with E-state index in [-0.39, 0.29) is 24.3 Å². The van der Waals surface area contributed by atoms with Gasteiger partial charge in [0.25, 0.3) is 0 Å². The lowest BCUT2D eigenvalue weighted by atomic mass is 9.66. The largest absolute Gasteiger partial charge is 0.244 e. The Labute approximate surface area is 192 Å². The van der Waals surface area contributed by atoms with Crippen LogP contribution in [0.25, 0.3) is 0 Å². The van der Waals surface area contributed by atoms with Crippen LogP contribution < -0.4 is 0 Å². The van der Waals surface area contributed by atoms with E-state index in [4.69, 9.17) is 0 Å². The third-order valence-electron chi connectivity index (χ3n) is 8.01. The van der Waals surface area contributed by atoms with E-state index in [9.17, 15) is 11.7 Å². The molecule has 184 valence electrons. The van der Waals surface area contributed by atoms with Crippen molar-refractivity contribution < 1.29 is 20.4 Å². The number of hydrogen-bond acceptors (Lipinski definition) is 0. The van der Waals surface area contributed by atoms with Crippen LogP contribution in [0.4, 0.5) is 20.4 Å². The van der Waals surface area contributed by atoms with Gasteiger partial charge >= 0.3 is 0 Å². The van der Waals surface area contributed by atoms with Gasteiger partial charge in [-0.2, -0.15) is 0 Å². The van der Waals surface area contributed by atoms with E-state index in [0.717, 1.165) is 43.0 Å². The maximum absolute atomic E-state index is 15.5. The third-order valence-corrected chi connectivity index (χ3v) is 8.82. The predicted octanol–water partition coefficient (Wildman–Crippen LogP) is 10.4. The monoisotopic (exact) mass is 478 g/mol. The molecule has 0 amide bonds. The van der Waals surface area contributed by atoms with Crippen molar-refractivity contribution in [2.75, 3.05) is 0 Å². The topological polar surface area (TPSA) is 0 Å². The van der Waals surface area contributed by atoms with E-state index in [1.807, 2.05) is 0 Å². The Morgan fingerprint density at radius 1 is 0.844 bits per heavy atom. The van der Waals surface area contributed by atoms with Crippen molar-refractivity contribution in [2.45, 2.75) is 114 Å². The van der Waals surface area contributed by atoms with Crippen molar-refractivity contribution >= 4 is 11.2 Å². The zero-order valence-corrected chi connectivity index (χ0v) is 20.1. The number of alkyl halides is 2. The van der Waals surface area contributed by atoms with Crippen molar-refractivity contribution in [3.63, 3.8) is 0 Å². The van der Waals surface area contributed by atoms with Crippen molar-refractivity contribution in [3.05, 3.63) is 29.8 Å². The molecule has 3 unspecified atom stereocenters. The quantitative estimate of drug-likeness (QED) is 0.232. The molecule has 0 radical (unpaired) electrons. The molecular formula is C26H39F5S. The Balaban J connectivity index is 1.44. The standard InChI is InChI=1S/C26H39F5S/c1-2-3-4-5-6-7-8-20-9-11-21(12-10-20)22-17-18-26(28,25(27)19-22)23-13-15-24(16-14-23)32(29,30)31/h13-16,20-22,25H,2-12,17-19H2,1H3/t20-,21-,22?,25?,26?. The number of unbranched alkanes of at least 4 members (excludes halogenated alkanes) is 5. The van der Waals surface area contributed by atoms with Gasteiger partial charge < -0.3 is 0 Å². The van der Waals surface area contributed by atoms with Gasteiger partial charge in [-0.1, -0.05) is 76.8 Å². The molecule has 3 rings (SSSR count). The van der Waals surface area contributed by atoms with E-state index >= 15 is 8.78 Å². The summed E-state index contributed by atoms with van der Waals surface area (Å²) in [4.78, 5) is -0.744. The molecule has 3 atom stereocenters. The fourth-order valence-corrected chi connectivity index (χ4v) is 6.37. The van der Waals surface area contributed by atoms with Crippen LogP contribution in [0.5, 0.6) is 0 Å². The summed E-state index contributed by atoms with van der Waals surface area (Å²) in [6.45, 7) is 2.24. The summed E-state index contributed by atoms with van der Waals surface area (Å²) in [6, 6.07) is 4.07. The Morgan fingerprint density at radius 2 is 1.47 bits per heavy atom. The minimum absolute atomic E-state index is 0.0542. The third kappa shape index (κ3) is 6.64. The molecule has 6 heteroatoms. The van der Waals surface area contributed by atoms with Gasteiger partial charge in [0.05, 0.1) is 4.90 Å². The maximum atomic E-state index is 15.5. The van der Waals surface area contributed by atoms with Crippen LogP contribution >= 0.6 is 11.2 Å². The van der Waals surface area contributed by atoms with E-state index in [0.29, 0.717) is 12.3 Å². The highest BCUT2D eigenvalue weighted by atomic mass is 32.3. The smallest absolute Gasteiger partial charge is 0.237 e. The maximum Gasteiger partial charge on any atom is 0.237 e. The number of halogens is 5. The second-order valence-electron chi connectivity index (χ2n) is 10.1. The fraction of sp³-hybridized carbons (Fsp3) is 0.769. The van der Waals surface area contributed by atoms with Crippen LogP contribution in [0, 0.1) is 17.8 Å². The van der Waals surface area contributed by atoms with Crippen LogP contribution in [0.2, 0.25) is 0 Å². The van der Waals surface area contributed by atoms with Gasteiger partial charge in [-0.15, -0.1) is 11.7 Å². The molecule has 2 aliphatic carbocycles. The first-order valence-corrected chi connectivity index (χ1v) is 13.9. The molecule has 2 fully saturated rings. The summed E-state index contributed by atoms with van der Waals surface area (Å²) < 4.78 is 69.2. The molecule has 0 aliphatic heterocycles. The molecule has 32 heavy (non-hydrogen) atoms. The Bertz CT molecular complexity index is 680. The van der Waals surface area contributed by atoms with Gasteiger partial charge in [-0.05, 0) is 67.6 Å². The summed E-state index contributed by atoms with van der Waals surface area (Å²) in [5, 5.41) is 0. The van der Waals surface area contributed by atoms with Crippen molar-refractivity contribution in [3.8, 4) is 0 Å². The number of rotatable bonds is 10. The van der Waals surface area contributed by atoms with E-state index in [1.54, 1.807) is 0 Å². The predicted molar refractivity (Wildman–Crippen MR) is 124 cm³/mol. The van der Waals surface area contributed by atoms with Crippen LogP contribution in [-0.2, 0) is 5.67 Å². The molecule has 0 saturated heterocycles. The van der Waals surface area contributed by atoms with E-state index in [2.05, 4.69) is 6.92 Å². The molecule has 2 aliphatic rings. The molecule has 0 bridgehead atoms. The molecular weight excluding hydrogens is 439 g/mol. The first-order valence-electron chi connectivity index (χ1n) is 12.6. The Hall–Kier alpha value is -0.780. The molecule has 1 aromatic carbocycles. The van der Waals surface area contributed by atoms with Crippen LogP contribution in [0.1, 0.15) is 102 Å². The second-order valence-corrected chi connectivity index (χ2v) is 11.4. The normalized spacial score (nSPS) is 32.1. The summed E-state index contributed by atoms with van der Waals surface area (Å²) in [6.07, 6.45) is 13.1.